The quantitative estimate of drug-likeness (QED) is 0.789. The molecule has 2 N–H and O–H groups in total. The third kappa shape index (κ3) is 3.62. The molecule has 18 heavy (non-hydrogen) atoms. The van der Waals surface area contributed by atoms with Gasteiger partial charge in [0.25, 0.3) is 0 Å². The van der Waals surface area contributed by atoms with Crippen LogP contribution in [-0.2, 0) is 9.84 Å². The fraction of sp³-hybridized carbons (Fsp3) is 1.00. The van der Waals surface area contributed by atoms with Crippen molar-refractivity contribution >= 4 is 21.6 Å². The summed E-state index contributed by atoms with van der Waals surface area (Å²) in [5.41, 5.74) is 6.10. The molecule has 6 heteroatoms. The summed E-state index contributed by atoms with van der Waals surface area (Å²) in [6.07, 6.45) is 3.45. The Morgan fingerprint density at radius 2 is 2.17 bits per heavy atom. The summed E-state index contributed by atoms with van der Waals surface area (Å²) in [6, 6.07) is 0.268. The van der Waals surface area contributed by atoms with E-state index < -0.39 is 9.84 Å². The average molecular weight is 292 g/mol. The lowest BCUT2D eigenvalue weighted by Gasteiger charge is -2.35. The van der Waals surface area contributed by atoms with Gasteiger partial charge in [-0.15, -0.1) is 0 Å². The largest absolute Gasteiger partial charge is 0.327 e. The van der Waals surface area contributed by atoms with Crippen LogP contribution in [0, 0.1) is 5.92 Å². The van der Waals surface area contributed by atoms with E-state index in [1.807, 2.05) is 0 Å². The van der Waals surface area contributed by atoms with Gasteiger partial charge >= 0.3 is 0 Å². The predicted molar refractivity (Wildman–Crippen MR) is 77.5 cm³/mol. The zero-order valence-corrected chi connectivity index (χ0v) is 12.7. The van der Waals surface area contributed by atoms with Crippen LogP contribution >= 0.6 is 11.8 Å². The number of sulfone groups is 1. The van der Waals surface area contributed by atoms with Crippen LogP contribution in [0.25, 0.3) is 0 Å². The smallest absolute Gasteiger partial charge is 0.166 e. The first-order valence-corrected chi connectivity index (χ1v) is 9.70. The van der Waals surface area contributed by atoms with Crippen molar-refractivity contribution < 1.29 is 8.42 Å². The zero-order chi connectivity index (χ0) is 13.2. The fourth-order valence-electron chi connectivity index (χ4n) is 2.47. The van der Waals surface area contributed by atoms with Crippen molar-refractivity contribution in [3.8, 4) is 0 Å². The van der Waals surface area contributed by atoms with E-state index in [4.69, 9.17) is 5.73 Å². The molecule has 0 spiro atoms. The molecule has 2 fully saturated rings. The molecule has 0 amide bonds. The maximum atomic E-state index is 12.1. The number of hydrogen-bond acceptors (Lipinski definition) is 5. The van der Waals surface area contributed by atoms with Gasteiger partial charge in [-0.25, -0.2) is 8.42 Å². The highest BCUT2D eigenvalue weighted by molar-refractivity contribution is 8.01. The topological polar surface area (TPSA) is 63.4 Å². The van der Waals surface area contributed by atoms with Crippen molar-refractivity contribution in [2.24, 2.45) is 11.7 Å². The van der Waals surface area contributed by atoms with Crippen molar-refractivity contribution in [1.29, 1.82) is 0 Å². The van der Waals surface area contributed by atoms with Crippen LogP contribution in [0.4, 0.5) is 0 Å². The molecule has 1 aliphatic heterocycles. The van der Waals surface area contributed by atoms with Crippen molar-refractivity contribution in [3.05, 3.63) is 0 Å². The molecular weight excluding hydrogens is 268 g/mol. The Morgan fingerprint density at radius 3 is 2.78 bits per heavy atom. The lowest BCUT2D eigenvalue weighted by atomic mass is 10.1. The zero-order valence-electron chi connectivity index (χ0n) is 11.0. The molecule has 2 unspecified atom stereocenters. The number of nitrogens with two attached hydrogens (primary N) is 1. The van der Waals surface area contributed by atoms with E-state index in [2.05, 4.69) is 4.90 Å². The van der Waals surface area contributed by atoms with E-state index in [1.54, 1.807) is 18.7 Å². The number of hydrogen-bond donors (Lipinski definition) is 1. The molecule has 1 heterocycles. The van der Waals surface area contributed by atoms with Gasteiger partial charge in [0.2, 0.25) is 0 Å². The lowest BCUT2D eigenvalue weighted by Crippen LogP contribution is -2.49. The van der Waals surface area contributed by atoms with Crippen LogP contribution in [0.5, 0.6) is 0 Å². The molecule has 1 saturated heterocycles. The Morgan fingerprint density at radius 1 is 1.44 bits per heavy atom. The van der Waals surface area contributed by atoms with Crippen LogP contribution in [0.15, 0.2) is 0 Å². The lowest BCUT2D eigenvalue weighted by molar-refractivity contribution is 0.256. The number of nitrogens with zero attached hydrogens (tertiary/aromatic N) is 1. The second kappa shape index (κ2) is 6.11. The van der Waals surface area contributed by atoms with Gasteiger partial charge in [-0.1, -0.05) is 6.92 Å². The van der Waals surface area contributed by atoms with Gasteiger partial charge in [0.15, 0.2) is 9.84 Å². The van der Waals surface area contributed by atoms with E-state index >= 15 is 0 Å². The van der Waals surface area contributed by atoms with Gasteiger partial charge in [0.1, 0.15) is 5.37 Å². The molecule has 4 nitrogen and oxygen atoms in total. The maximum absolute atomic E-state index is 12.1. The fourth-order valence-corrected chi connectivity index (χ4v) is 5.58. The van der Waals surface area contributed by atoms with E-state index in [9.17, 15) is 8.42 Å². The van der Waals surface area contributed by atoms with Crippen molar-refractivity contribution in [2.75, 3.05) is 30.3 Å². The highest BCUT2D eigenvalue weighted by Crippen LogP contribution is 2.33. The third-order valence-electron chi connectivity index (χ3n) is 3.98. The Kier molecular flexibility index (Phi) is 4.97. The van der Waals surface area contributed by atoms with Gasteiger partial charge in [-0.2, -0.15) is 11.8 Å². The summed E-state index contributed by atoms with van der Waals surface area (Å²) in [6.45, 7) is 3.46. The van der Waals surface area contributed by atoms with Crippen molar-refractivity contribution in [1.82, 2.24) is 4.90 Å². The highest BCUT2D eigenvalue weighted by Gasteiger charge is 2.34. The van der Waals surface area contributed by atoms with Crippen LogP contribution < -0.4 is 5.73 Å². The molecule has 0 aromatic rings. The maximum Gasteiger partial charge on any atom is 0.166 e. The van der Waals surface area contributed by atoms with Crippen LogP contribution in [-0.4, -0.2) is 55.1 Å². The summed E-state index contributed by atoms with van der Waals surface area (Å²) >= 11 is 1.75. The molecule has 0 aromatic heterocycles. The second-order valence-corrected chi connectivity index (χ2v) is 8.90. The number of thioether (sulfide) groups is 1. The van der Waals surface area contributed by atoms with Gasteiger partial charge in [0.05, 0.1) is 0 Å². The summed E-state index contributed by atoms with van der Waals surface area (Å²) in [7, 11) is -2.96. The molecule has 2 atom stereocenters. The SMILES string of the molecule is CCS(=O)(=O)C1CSCCN1CCC(N)C1CC1. The molecular formula is C12H24N2O2S2. The van der Waals surface area contributed by atoms with E-state index in [-0.39, 0.29) is 17.2 Å². The van der Waals surface area contributed by atoms with Crippen LogP contribution in [0.3, 0.4) is 0 Å². The molecule has 0 bridgehead atoms. The number of rotatable bonds is 6. The predicted octanol–water partition coefficient (Wildman–Crippen LogP) is 0.923. The molecule has 2 rings (SSSR count). The molecule has 106 valence electrons. The first kappa shape index (κ1) is 14.6. The first-order chi connectivity index (χ1) is 8.54. The van der Waals surface area contributed by atoms with Gasteiger partial charge in [0, 0.05) is 36.4 Å². The standard InChI is InChI=1S/C12H24N2O2S2/c1-2-18(15,16)12-9-17-8-7-14(12)6-5-11(13)10-3-4-10/h10-12H,2-9,13H2,1H3. The molecule has 1 saturated carbocycles. The Labute approximate surface area is 115 Å². The Balaban J connectivity index is 1.90. The molecule has 0 aromatic carbocycles. The monoisotopic (exact) mass is 292 g/mol. The van der Waals surface area contributed by atoms with Gasteiger partial charge < -0.3 is 5.73 Å². The Bertz CT molecular complexity index is 368. The summed E-state index contributed by atoms with van der Waals surface area (Å²) in [5.74, 6) is 2.69. The normalized spacial score (nSPS) is 28.2. The third-order valence-corrected chi connectivity index (χ3v) is 7.32. The van der Waals surface area contributed by atoms with Crippen LogP contribution in [0.1, 0.15) is 26.2 Å². The minimum Gasteiger partial charge on any atom is -0.327 e. The minimum atomic E-state index is -2.96. The second-order valence-electron chi connectivity index (χ2n) is 5.31. The summed E-state index contributed by atoms with van der Waals surface area (Å²) in [4.78, 5) is 2.14. The van der Waals surface area contributed by atoms with Gasteiger partial charge in [-0.3, -0.25) is 4.90 Å². The van der Waals surface area contributed by atoms with Crippen molar-refractivity contribution in [2.45, 2.75) is 37.6 Å². The van der Waals surface area contributed by atoms with Crippen molar-refractivity contribution in [3.63, 3.8) is 0 Å². The molecule has 2 aliphatic rings. The minimum absolute atomic E-state index is 0.239. The molecule has 1 aliphatic carbocycles. The molecule has 0 radical (unpaired) electrons. The summed E-state index contributed by atoms with van der Waals surface area (Å²) < 4.78 is 24.1. The van der Waals surface area contributed by atoms with E-state index in [0.29, 0.717) is 5.92 Å². The van der Waals surface area contributed by atoms with Crippen LogP contribution in [0.2, 0.25) is 0 Å². The van der Waals surface area contributed by atoms with Gasteiger partial charge in [-0.05, 0) is 25.2 Å². The first-order valence-electron chi connectivity index (χ1n) is 6.83. The average Bonchev–Trinajstić information content (AvgIpc) is 3.20. The highest BCUT2D eigenvalue weighted by atomic mass is 32.2. The van der Waals surface area contributed by atoms with E-state index in [0.717, 1.165) is 31.0 Å². The van der Waals surface area contributed by atoms with E-state index in [1.165, 1.54) is 12.8 Å². The summed E-state index contributed by atoms with van der Waals surface area (Å²) in [5, 5.41) is -0.285. The Hall–Kier alpha value is 0.220.